The Labute approximate surface area is 125 Å². The third kappa shape index (κ3) is 3.19. The lowest BCUT2D eigenvalue weighted by Gasteiger charge is -2.23. The molecule has 2 rings (SSSR count). The first-order valence-corrected chi connectivity index (χ1v) is 8.66. The van der Waals surface area contributed by atoms with Crippen molar-refractivity contribution >= 4 is 38.3 Å². The van der Waals surface area contributed by atoms with Gasteiger partial charge in [0.2, 0.25) is 0 Å². The van der Waals surface area contributed by atoms with Gasteiger partial charge >= 0.3 is 0 Å². The fourth-order valence-electron chi connectivity index (χ4n) is 2.10. The summed E-state index contributed by atoms with van der Waals surface area (Å²) in [5, 5.41) is 9.61. The quantitative estimate of drug-likeness (QED) is 0.766. The summed E-state index contributed by atoms with van der Waals surface area (Å²) in [5.41, 5.74) is 0.365. The zero-order valence-corrected chi connectivity index (χ0v) is 13.3. The molecule has 19 heavy (non-hydrogen) atoms. The van der Waals surface area contributed by atoms with Crippen molar-refractivity contribution in [2.24, 2.45) is 0 Å². The fraction of sp³-hybridized carbons (Fsp3) is 0.417. The van der Waals surface area contributed by atoms with Crippen LogP contribution in [0, 0.1) is 3.57 Å². The minimum Gasteiger partial charge on any atom is -0.507 e. The Bertz CT molecular complexity index is 614. The first-order chi connectivity index (χ1) is 8.80. The molecular formula is C12H14INO4S. The number of benzene rings is 1. The molecular weight excluding hydrogens is 381 g/mol. The SMILES string of the molecule is CN(C(=O)c1ccc(I)c(O)c1)C1CCS(=O)(=O)C1. The summed E-state index contributed by atoms with van der Waals surface area (Å²) in [5.74, 6) is -0.0635. The molecule has 1 heterocycles. The second-order valence-electron chi connectivity index (χ2n) is 4.64. The second kappa shape index (κ2) is 5.28. The van der Waals surface area contributed by atoms with E-state index in [4.69, 9.17) is 0 Å². The maximum absolute atomic E-state index is 12.2. The van der Waals surface area contributed by atoms with Crippen molar-refractivity contribution < 1.29 is 18.3 Å². The zero-order chi connectivity index (χ0) is 14.2. The highest BCUT2D eigenvalue weighted by atomic mass is 127. The summed E-state index contributed by atoms with van der Waals surface area (Å²) in [6, 6.07) is 4.41. The van der Waals surface area contributed by atoms with Gasteiger partial charge in [-0.1, -0.05) is 0 Å². The van der Waals surface area contributed by atoms with E-state index in [-0.39, 0.29) is 29.2 Å². The molecule has 1 aromatic carbocycles. The van der Waals surface area contributed by atoms with Crippen LogP contribution in [0.4, 0.5) is 0 Å². The Morgan fingerprint density at radius 2 is 2.16 bits per heavy atom. The number of sulfone groups is 1. The van der Waals surface area contributed by atoms with Crippen LogP contribution in [0.15, 0.2) is 18.2 Å². The van der Waals surface area contributed by atoms with E-state index in [1.165, 1.54) is 11.0 Å². The average Bonchev–Trinajstić information content (AvgIpc) is 2.71. The number of halogens is 1. The Kier molecular flexibility index (Phi) is 4.05. The Morgan fingerprint density at radius 3 is 2.68 bits per heavy atom. The third-order valence-corrected chi connectivity index (χ3v) is 5.93. The van der Waals surface area contributed by atoms with E-state index < -0.39 is 9.84 Å². The number of hydrogen-bond donors (Lipinski definition) is 1. The van der Waals surface area contributed by atoms with Gasteiger partial charge in [0.05, 0.1) is 15.1 Å². The molecule has 0 spiro atoms. The topological polar surface area (TPSA) is 74.7 Å². The first-order valence-electron chi connectivity index (χ1n) is 5.76. The summed E-state index contributed by atoms with van der Waals surface area (Å²) < 4.78 is 23.5. The Balaban J connectivity index is 2.17. The maximum Gasteiger partial charge on any atom is 0.254 e. The monoisotopic (exact) mass is 395 g/mol. The van der Waals surface area contributed by atoms with Gasteiger partial charge in [0.15, 0.2) is 9.84 Å². The second-order valence-corrected chi connectivity index (χ2v) is 8.03. The molecule has 1 atom stereocenters. The van der Waals surface area contributed by atoms with E-state index in [2.05, 4.69) is 0 Å². The molecule has 0 aliphatic carbocycles. The van der Waals surface area contributed by atoms with Gasteiger partial charge in [-0.05, 0) is 47.2 Å². The number of nitrogens with zero attached hydrogens (tertiary/aromatic N) is 1. The molecule has 1 unspecified atom stereocenters. The highest BCUT2D eigenvalue weighted by molar-refractivity contribution is 14.1. The van der Waals surface area contributed by atoms with Crippen molar-refractivity contribution in [2.75, 3.05) is 18.6 Å². The lowest BCUT2D eigenvalue weighted by molar-refractivity contribution is 0.0747. The van der Waals surface area contributed by atoms with E-state index in [1.54, 1.807) is 19.2 Å². The molecule has 5 nitrogen and oxygen atoms in total. The molecule has 1 saturated heterocycles. The number of aromatic hydroxyl groups is 1. The summed E-state index contributed by atoms with van der Waals surface area (Å²) >= 11 is 1.97. The van der Waals surface area contributed by atoms with Crippen LogP contribution in [-0.4, -0.2) is 48.9 Å². The molecule has 104 valence electrons. The van der Waals surface area contributed by atoms with Crippen molar-refractivity contribution in [3.63, 3.8) is 0 Å². The molecule has 0 saturated carbocycles. The van der Waals surface area contributed by atoms with Gasteiger partial charge < -0.3 is 10.0 Å². The highest BCUT2D eigenvalue weighted by Gasteiger charge is 2.33. The van der Waals surface area contributed by atoms with Crippen molar-refractivity contribution in [1.29, 1.82) is 0 Å². The van der Waals surface area contributed by atoms with Gasteiger partial charge in [-0.25, -0.2) is 8.42 Å². The van der Waals surface area contributed by atoms with Gasteiger partial charge in [0.25, 0.3) is 5.91 Å². The molecule has 0 bridgehead atoms. The summed E-state index contributed by atoms with van der Waals surface area (Å²) in [6.45, 7) is 0. The predicted molar refractivity (Wildman–Crippen MR) is 80.0 cm³/mol. The molecule has 1 aromatic rings. The van der Waals surface area contributed by atoms with E-state index >= 15 is 0 Å². The molecule has 1 aliphatic heterocycles. The van der Waals surface area contributed by atoms with Crippen LogP contribution < -0.4 is 0 Å². The van der Waals surface area contributed by atoms with Crippen LogP contribution in [0.25, 0.3) is 0 Å². The molecule has 0 radical (unpaired) electrons. The number of carbonyl (C=O) groups excluding carboxylic acids is 1. The highest BCUT2D eigenvalue weighted by Crippen LogP contribution is 2.23. The normalized spacial score (nSPS) is 21.3. The molecule has 1 fully saturated rings. The Hall–Kier alpha value is -0.830. The predicted octanol–water partition coefficient (Wildman–Crippen LogP) is 1.26. The lowest BCUT2D eigenvalue weighted by atomic mass is 10.1. The van der Waals surface area contributed by atoms with E-state index in [0.29, 0.717) is 15.6 Å². The smallest absolute Gasteiger partial charge is 0.254 e. The number of phenolic OH excluding ortho intramolecular Hbond substituents is 1. The van der Waals surface area contributed by atoms with Crippen LogP contribution >= 0.6 is 22.6 Å². The average molecular weight is 395 g/mol. The third-order valence-electron chi connectivity index (χ3n) is 3.27. The van der Waals surface area contributed by atoms with Crippen LogP contribution in [-0.2, 0) is 9.84 Å². The van der Waals surface area contributed by atoms with Crippen molar-refractivity contribution in [2.45, 2.75) is 12.5 Å². The van der Waals surface area contributed by atoms with Gasteiger partial charge in [0.1, 0.15) is 5.75 Å². The minimum atomic E-state index is -3.02. The fourth-order valence-corrected chi connectivity index (χ4v) is 4.21. The summed E-state index contributed by atoms with van der Waals surface area (Å²) in [4.78, 5) is 13.7. The van der Waals surface area contributed by atoms with Crippen molar-refractivity contribution in [3.8, 4) is 5.75 Å². The number of phenols is 1. The minimum absolute atomic E-state index is 0.0194. The standard InChI is InChI=1S/C12H14INO4S/c1-14(9-4-5-19(17,18)7-9)12(16)8-2-3-10(13)11(15)6-8/h2-3,6,9,15H,4-5,7H2,1H3. The maximum atomic E-state index is 12.2. The number of hydrogen-bond acceptors (Lipinski definition) is 4. The van der Waals surface area contributed by atoms with Crippen molar-refractivity contribution in [3.05, 3.63) is 27.3 Å². The van der Waals surface area contributed by atoms with Gasteiger partial charge in [-0.3, -0.25) is 4.79 Å². The Morgan fingerprint density at radius 1 is 1.47 bits per heavy atom. The molecule has 7 heteroatoms. The summed E-state index contributed by atoms with van der Waals surface area (Å²) in [6.07, 6.45) is 0.473. The number of rotatable bonds is 2. The number of amides is 1. The van der Waals surface area contributed by atoms with Crippen LogP contribution in [0.5, 0.6) is 5.75 Å². The lowest BCUT2D eigenvalue weighted by Crippen LogP contribution is -2.37. The largest absolute Gasteiger partial charge is 0.507 e. The van der Waals surface area contributed by atoms with Crippen LogP contribution in [0.1, 0.15) is 16.8 Å². The zero-order valence-electron chi connectivity index (χ0n) is 10.3. The molecule has 0 aromatic heterocycles. The van der Waals surface area contributed by atoms with Crippen molar-refractivity contribution in [1.82, 2.24) is 4.90 Å². The number of carbonyl (C=O) groups is 1. The molecule has 1 N–H and O–H groups in total. The summed E-state index contributed by atoms with van der Waals surface area (Å²) in [7, 11) is -1.42. The van der Waals surface area contributed by atoms with E-state index in [0.717, 1.165) is 0 Å². The molecule has 1 aliphatic rings. The van der Waals surface area contributed by atoms with E-state index in [1.807, 2.05) is 22.6 Å². The first kappa shape index (κ1) is 14.6. The van der Waals surface area contributed by atoms with Crippen LogP contribution in [0.2, 0.25) is 0 Å². The van der Waals surface area contributed by atoms with Gasteiger partial charge in [-0.15, -0.1) is 0 Å². The van der Waals surface area contributed by atoms with Crippen LogP contribution in [0.3, 0.4) is 0 Å². The van der Waals surface area contributed by atoms with E-state index in [9.17, 15) is 18.3 Å². The van der Waals surface area contributed by atoms with Gasteiger partial charge in [0, 0.05) is 18.7 Å². The molecule has 1 amide bonds. The van der Waals surface area contributed by atoms with Gasteiger partial charge in [-0.2, -0.15) is 0 Å².